The molecule has 5 heteroatoms. The predicted molar refractivity (Wildman–Crippen MR) is 48.6 cm³/mol. The fraction of sp³-hybridized carbons (Fsp3) is 0. The normalized spacial score (nSPS) is 9.40. The highest BCUT2D eigenvalue weighted by Crippen LogP contribution is 2.32. The number of nitriles is 1. The van der Waals surface area contributed by atoms with Crippen molar-refractivity contribution >= 4 is 47.8 Å². The molecule has 0 radical (unpaired) electrons. The average Bonchev–Trinajstić information content (AvgIpc) is 2.17. The van der Waals surface area contributed by atoms with Crippen molar-refractivity contribution in [2.75, 3.05) is 0 Å². The quantitative estimate of drug-likeness (QED) is 0.780. The third-order valence-electron chi connectivity index (χ3n) is 0.951. The smallest absolute Gasteiger partial charge is 0.134 e. The maximum Gasteiger partial charge on any atom is 0.134 e. The van der Waals surface area contributed by atoms with E-state index in [1.165, 1.54) is 0 Å². The molecule has 1 aromatic heterocycles. The first kappa shape index (κ1) is 8.31. The maximum atomic E-state index is 8.50. The second-order valence-electron chi connectivity index (χ2n) is 1.55. The minimum Gasteiger partial charge on any atom is -0.339 e. The van der Waals surface area contributed by atoms with Gasteiger partial charge in [-0.2, -0.15) is 5.26 Å². The van der Waals surface area contributed by atoms with Crippen LogP contribution in [0.5, 0.6) is 0 Å². The fourth-order valence-electron chi connectivity index (χ4n) is 0.503. The monoisotopic (exact) mass is 326 g/mol. The summed E-state index contributed by atoms with van der Waals surface area (Å²) in [4.78, 5) is 2.82. The number of aromatic amines is 1. The Bertz CT molecular complexity index is 297. The van der Waals surface area contributed by atoms with Gasteiger partial charge in [0.25, 0.3) is 0 Å². The number of H-pyrrole nitrogens is 1. The van der Waals surface area contributed by atoms with Crippen LogP contribution in [-0.2, 0) is 0 Å². The Hall–Kier alpha value is 0.210. The Kier molecular flexibility index (Phi) is 2.55. The third-order valence-corrected chi connectivity index (χ3v) is 4.20. The van der Waals surface area contributed by atoms with E-state index in [0.717, 1.165) is 13.5 Å². The van der Waals surface area contributed by atoms with Gasteiger partial charge in [-0.15, -0.1) is 0 Å². The fourth-order valence-corrected chi connectivity index (χ4v) is 1.85. The third kappa shape index (κ3) is 1.29. The lowest BCUT2D eigenvalue weighted by molar-refractivity contribution is 1.29. The molecule has 2 nitrogen and oxygen atoms in total. The van der Waals surface area contributed by atoms with Crippen molar-refractivity contribution in [3.8, 4) is 6.07 Å². The van der Waals surface area contributed by atoms with Crippen LogP contribution in [0.15, 0.2) is 13.5 Å². The van der Waals surface area contributed by atoms with Crippen LogP contribution in [-0.4, -0.2) is 4.98 Å². The van der Waals surface area contributed by atoms with Crippen molar-refractivity contribution in [2.24, 2.45) is 0 Å². The Morgan fingerprint density at radius 3 is 2.00 bits per heavy atom. The van der Waals surface area contributed by atoms with Crippen LogP contribution in [0, 0.1) is 11.3 Å². The van der Waals surface area contributed by atoms with Crippen molar-refractivity contribution < 1.29 is 0 Å². The molecule has 0 atom stereocenters. The average molecular weight is 329 g/mol. The summed E-state index contributed by atoms with van der Waals surface area (Å²) in [6.45, 7) is 0. The standard InChI is InChI=1S/C5HBr3N2/c6-3-2(1-9)10-5(8)4(3)7/h10H. The van der Waals surface area contributed by atoms with Gasteiger partial charge in [0.2, 0.25) is 0 Å². The first-order valence-electron chi connectivity index (χ1n) is 2.29. The molecule has 0 unspecified atom stereocenters. The van der Waals surface area contributed by atoms with Crippen molar-refractivity contribution in [2.45, 2.75) is 0 Å². The number of nitrogens with zero attached hydrogens (tertiary/aromatic N) is 1. The zero-order valence-corrected chi connectivity index (χ0v) is 9.34. The van der Waals surface area contributed by atoms with E-state index in [0.29, 0.717) is 5.69 Å². The molecule has 1 heterocycles. The first-order chi connectivity index (χ1) is 4.66. The number of hydrogen-bond acceptors (Lipinski definition) is 1. The van der Waals surface area contributed by atoms with Gasteiger partial charge in [0.1, 0.15) is 11.8 Å². The molecule has 0 aromatic carbocycles. The Morgan fingerprint density at radius 1 is 1.20 bits per heavy atom. The lowest BCUT2D eigenvalue weighted by Gasteiger charge is -1.81. The highest BCUT2D eigenvalue weighted by molar-refractivity contribution is 9.14. The molecule has 0 amide bonds. The van der Waals surface area contributed by atoms with Crippen LogP contribution in [0.3, 0.4) is 0 Å². The van der Waals surface area contributed by atoms with Gasteiger partial charge in [0.05, 0.1) is 13.5 Å². The molecular weight excluding hydrogens is 328 g/mol. The van der Waals surface area contributed by atoms with E-state index < -0.39 is 0 Å². The van der Waals surface area contributed by atoms with Crippen molar-refractivity contribution in [3.63, 3.8) is 0 Å². The van der Waals surface area contributed by atoms with Gasteiger partial charge >= 0.3 is 0 Å². The molecule has 0 saturated carbocycles. The van der Waals surface area contributed by atoms with Gasteiger partial charge in [-0.1, -0.05) is 0 Å². The molecule has 0 aliphatic carbocycles. The van der Waals surface area contributed by atoms with Crippen LogP contribution in [0.1, 0.15) is 5.69 Å². The lowest BCUT2D eigenvalue weighted by Crippen LogP contribution is -1.70. The number of aromatic nitrogens is 1. The molecule has 52 valence electrons. The van der Waals surface area contributed by atoms with Gasteiger partial charge in [-0.05, 0) is 47.8 Å². The molecule has 1 rings (SSSR count). The summed E-state index contributed by atoms with van der Waals surface area (Å²) in [5.74, 6) is 0. The lowest BCUT2D eigenvalue weighted by atomic mass is 10.5. The van der Waals surface area contributed by atoms with Crippen LogP contribution in [0.25, 0.3) is 0 Å². The molecule has 0 spiro atoms. The molecular formula is C5HBr3N2. The van der Waals surface area contributed by atoms with Crippen LogP contribution >= 0.6 is 47.8 Å². The van der Waals surface area contributed by atoms with E-state index >= 15 is 0 Å². The zero-order chi connectivity index (χ0) is 7.72. The minimum atomic E-state index is 0.513. The van der Waals surface area contributed by atoms with Crippen molar-refractivity contribution in [1.29, 1.82) is 5.26 Å². The zero-order valence-electron chi connectivity index (χ0n) is 4.58. The number of nitrogens with one attached hydrogen (secondary N) is 1. The molecule has 0 saturated heterocycles. The topological polar surface area (TPSA) is 39.6 Å². The van der Waals surface area contributed by atoms with Gasteiger partial charge < -0.3 is 4.98 Å². The molecule has 0 aliphatic rings. The molecule has 0 aliphatic heterocycles. The molecule has 0 fully saturated rings. The number of halogens is 3. The highest BCUT2D eigenvalue weighted by atomic mass is 79.9. The summed E-state index contributed by atoms with van der Waals surface area (Å²) in [5.41, 5.74) is 0.513. The molecule has 1 aromatic rings. The summed E-state index contributed by atoms with van der Waals surface area (Å²) in [7, 11) is 0. The summed E-state index contributed by atoms with van der Waals surface area (Å²) in [6.07, 6.45) is 0. The van der Waals surface area contributed by atoms with Crippen LogP contribution in [0.4, 0.5) is 0 Å². The molecule has 0 bridgehead atoms. The van der Waals surface area contributed by atoms with Gasteiger partial charge in [-0.3, -0.25) is 0 Å². The van der Waals surface area contributed by atoms with E-state index in [9.17, 15) is 0 Å². The molecule has 1 N–H and O–H groups in total. The Labute approximate surface area is 83.0 Å². The van der Waals surface area contributed by atoms with Gasteiger partial charge in [-0.25, -0.2) is 0 Å². The molecule has 10 heavy (non-hydrogen) atoms. The Morgan fingerprint density at radius 2 is 1.80 bits per heavy atom. The summed E-state index contributed by atoms with van der Waals surface area (Å²) >= 11 is 9.72. The first-order valence-corrected chi connectivity index (χ1v) is 4.67. The van der Waals surface area contributed by atoms with E-state index in [1.807, 2.05) is 6.07 Å². The highest BCUT2D eigenvalue weighted by Gasteiger charge is 2.09. The minimum absolute atomic E-state index is 0.513. The second-order valence-corrected chi connectivity index (χ2v) is 3.93. The van der Waals surface area contributed by atoms with E-state index in [2.05, 4.69) is 52.8 Å². The van der Waals surface area contributed by atoms with E-state index in [4.69, 9.17) is 5.26 Å². The summed E-state index contributed by atoms with van der Waals surface area (Å²) in [5, 5.41) is 8.50. The maximum absolute atomic E-state index is 8.50. The van der Waals surface area contributed by atoms with Gasteiger partial charge in [0, 0.05) is 0 Å². The largest absolute Gasteiger partial charge is 0.339 e. The second kappa shape index (κ2) is 3.07. The summed E-state index contributed by atoms with van der Waals surface area (Å²) < 4.78 is 2.36. The van der Waals surface area contributed by atoms with Crippen molar-refractivity contribution in [3.05, 3.63) is 19.2 Å². The number of rotatable bonds is 0. The SMILES string of the molecule is N#Cc1[nH]c(Br)c(Br)c1Br. The van der Waals surface area contributed by atoms with Crippen LogP contribution < -0.4 is 0 Å². The van der Waals surface area contributed by atoms with E-state index in [-0.39, 0.29) is 0 Å². The Balaban J connectivity index is 3.34. The van der Waals surface area contributed by atoms with Crippen LogP contribution in [0.2, 0.25) is 0 Å². The van der Waals surface area contributed by atoms with Crippen molar-refractivity contribution in [1.82, 2.24) is 4.98 Å². The summed E-state index contributed by atoms with van der Waals surface area (Å²) in [6, 6.07) is 1.99. The van der Waals surface area contributed by atoms with E-state index in [1.54, 1.807) is 0 Å². The number of hydrogen-bond donors (Lipinski definition) is 1. The van der Waals surface area contributed by atoms with Gasteiger partial charge in [0.15, 0.2) is 0 Å². The predicted octanol–water partition coefficient (Wildman–Crippen LogP) is 3.17.